The number of hydrogen-bond donors (Lipinski definition) is 1. The van der Waals surface area contributed by atoms with Crippen LogP contribution in [0.1, 0.15) is 10.5 Å². The molecule has 7 nitrogen and oxygen atoms in total. The Labute approximate surface area is 104 Å². The highest BCUT2D eigenvalue weighted by Crippen LogP contribution is 2.12. The molecule has 0 saturated carbocycles. The van der Waals surface area contributed by atoms with Crippen LogP contribution in [0.25, 0.3) is 0 Å². The van der Waals surface area contributed by atoms with Crippen LogP contribution in [-0.4, -0.2) is 51.9 Å². The van der Waals surface area contributed by atoms with E-state index < -0.39 is 18.4 Å². The van der Waals surface area contributed by atoms with Crippen LogP contribution >= 0.6 is 0 Å². The minimum Gasteiger partial charge on any atom is -0.481 e. The maximum Gasteiger partial charge on any atom is 0.323 e. The summed E-state index contributed by atoms with van der Waals surface area (Å²) in [5.41, 5.74) is 0.0888. The van der Waals surface area contributed by atoms with Crippen molar-refractivity contribution in [1.29, 1.82) is 0 Å². The number of amides is 1. The van der Waals surface area contributed by atoms with Crippen molar-refractivity contribution in [2.45, 2.75) is 0 Å². The van der Waals surface area contributed by atoms with Gasteiger partial charge in [-0.2, -0.15) is 5.10 Å². The number of aryl methyl sites for hydroxylation is 1. The van der Waals surface area contributed by atoms with E-state index in [1.54, 1.807) is 7.05 Å². The minimum atomic E-state index is -1.14. The van der Waals surface area contributed by atoms with E-state index in [0.29, 0.717) is 5.88 Å². The molecule has 0 aliphatic carbocycles. The van der Waals surface area contributed by atoms with Crippen molar-refractivity contribution in [2.24, 2.45) is 7.05 Å². The molecule has 1 N–H and O–H groups in total. The molecule has 7 heteroatoms. The Morgan fingerprint density at radius 2 is 2.33 bits per heavy atom. The van der Waals surface area contributed by atoms with Gasteiger partial charge >= 0.3 is 5.97 Å². The fourth-order valence-electron chi connectivity index (χ4n) is 1.38. The zero-order valence-electron chi connectivity index (χ0n) is 10.1. The lowest BCUT2D eigenvalue weighted by atomic mass is 10.3. The average Bonchev–Trinajstić information content (AvgIpc) is 2.68. The van der Waals surface area contributed by atoms with E-state index >= 15 is 0 Å². The number of hydrogen-bond acceptors (Lipinski definition) is 4. The van der Waals surface area contributed by atoms with Gasteiger partial charge in [-0.1, -0.05) is 5.92 Å². The van der Waals surface area contributed by atoms with Gasteiger partial charge in [0.15, 0.2) is 5.69 Å². The van der Waals surface area contributed by atoms with Crippen molar-refractivity contribution < 1.29 is 19.4 Å². The van der Waals surface area contributed by atoms with Gasteiger partial charge in [0.05, 0.1) is 13.7 Å². The van der Waals surface area contributed by atoms with Crippen molar-refractivity contribution in [3.05, 3.63) is 11.8 Å². The maximum absolute atomic E-state index is 12.0. The van der Waals surface area contributed by atoms with E-state index in [0.717, 1.165) is 4.90 Å². The number of carbonyl (C=O) groups is 2. The van der Waals surface area contributed by atoms with E-state index in [-0.39, 0.29) is 12.2 Å². The second kappa shape index (κ2) is 5.72. The summed E-state index contributed by atoms with van der Waals surface area (Å²) in [4.78, 5) is 23.6. The van der Waals surface area contributed by atoms with Gasteiger partial charge < -0.3 is 14.7 Å². The fourth-order valence-corrected chi connectivity index (χ4v) is 1.38. The van der Waals surface area contributed by atoms with Crippen molar-refractivity contribution in [2.75, 3.05) is 20.2 Å². The summed E-state index contributed by atoms with van der Waals surface area (Å²) in [7, 11) is 3.06. The van der Waals surface area contributed by atoms with Gasteiger partial charge in [-0.15, -0.1) is 6.42 Å². The molecule has 0 atom stereocenters. The van der Waals surface area contributed by atoms with Crippen LogP contribution in [0, 0.1) is 12.3 Å². The SMILES string of the molecule is C#CCN(CC(=O)O)C(=O)c1cc(OC)n(C)n1. The van der Waals surface area contributed by atoms with Crippen molar-refractivity contribution in [1.82, 2.24) is 14.7 Å². The maximum atomic E-state index is 12.0. The Bertz CT molecular complexity index is 501. The van der Waals surface area contributed by atoms with Crippen LogP contribution in [0.4, 0.5) is 0 Å². The molecule has 0 aromatic carbocycles. The van der Waals surface area contributed by atoms with Crippen LogP contribution in [0.2, 0.25) is 0 Å². The Hall–Kier alpha value is -2.49. The molecule has 0 fully saturated rings. The molecule has 1 rings (SSSR count). The third-order valence-electron chi connectivity index (χ3n) is 2.16. The minimum absolute atomic E-state index is 0.0888. The van der Waals surface area contributed by atoms with Gasteiger partial charge in [-0.05, 0) is 0 Å². The van der Waals surface area contributed by atoms with Gasteiger partial charge in [0.2, 0.25) is 5.88 Å². The quantitative estimate of drug-likeness (QED) is 0.719. The molecule has 0 aliphatic heterocycles. The molecule has 18 heavy (non-hydrogen) atoms. The molecule has 0 spiro atoms. The molecule has 1 aromatic rings. The van der Waals surface area contributed by atoms with Gasteiger partial charge in [0.1, 0.15) is 6.54 Å². The monoisotopic (exact) mass is 251 g/mol. The van der Waals surface area contributed by atoms with Crippen LogP contribution in [0.3, 0.4) is 0 Å². The number of aliphatic carboxylic acids is 1. The third-order valence-corrected chi connectivity index (χ3v) is 2.16. The fraction of sp³-hybridized carbons (Fsp3) is 0.364. The lowest BCUT2D eigenvalue weighted by Crippen LogP contribution is -2.36. The number of carbonyl (C=O) groups excluding carboxylic acids is 1. The molecule has 1 heterocycles. The molecular weight excluding hydrogens is 238 g/mol. The van der Waals surface area contributed by atoms with E-state index in [2.05, 4.69) is 11.0 Å². The van der Waals surface area contributed by atoms with E-state index in [4.69, 9.17) is 16.3 Å². The van der Waals surface area contributed by atoms with Crippen LogP contribution in [0.15, 0.2) is 6.07 Å². The average molecular weight is 251 g/mol. The first-order valence-electron chi connectivity index (χ1n) is 5.02. The molecule has 0 unspecified atom stereocenters. The van der Waals surface area contributed by atoms with E-state index in [1.807, 2.05) is 0 Å². The highest BCUT2D eigenvalue weighted by atomic mass is 16.5. The van der Waals surface area contributed by atoms with Crippen LogP contribution in [0.5, 0.6) is 5.88 Å². The number of rotatable bonds is 5. The predicted octanol–water partition coefficient (Wildman–Crippen LogP) is -0.411. The van der Waals surface area contributed by atoms with Gasteiger partial charge in [-0.3, -0.25) is 9.59 Å². The van der Waals surface area contributed by atoms with E-state index in [1.165, 1.54) is 17.9 Å². The summed E-state index contributed by atoms with van der Waals surface area (Å²) in [6, 6.07) is 1.42. The normalized spacial score (nSPS) is 9.61. The van der Waals surface area contributed by atoms with Crippen LogP contribution < -0.4 is 4.74 Å². The summed E-state index contributed by atoms with van der Waals surface area (Å²) in [5, 5.41) is 12.6. The van der Waals surface area contributed by atoms with Gasteiger partial charge in [0.25, 0.3) is 5.91 Å². The number of terminal acetylenes is 1. The number of nitrogens with zero attached hydrogens (tertiary/aromatic N) is 3. The second-order valence-electron chi connectivity index (χ2n) is 3.45. The molecule has 0 aliphatic rings. The first kappa shape index (κ1) is 13.6. The smallest absolute Gasteiger partial charge is 0.323 e. The van der Waals surface area contributed by atoms with Gasteiger partial charge in [0, 0.05) is 13.1 Å². The Morgan fingerprint density at radius 1 is 1.67 bits per heavy atom. The topological polar surface area (TPSA) is 84.7 Å². The Morgan fingerprint density at radius 3 is 2.78 bits per heavy atom. The van der Waals surface area contributed by atoms with Crippen molar-refractivity contribution >= 4 is 11.9 Å². The Kier molecular flexibility index (Phi) is 4.32. The molecule has 0 bridgehead atoms. The summed E-state index contributed by atoms with van der Waals surface area (Å²) in [6.45, 7) is -0.564. The molecule has 1 aromatic heterocycles. The van der Waals surface area contributed by atoms with Crippen molar-refractivity contribution in [3.63, 3.8) is 0 Å². The number of carboxylic acids is 1. The zero-order chi connectivity index (χ0) is 13.7. The summed E-state index contributed by atoms with van der Waals surface area (Å²) in [5.74, 6) is 0.948. The number of ether oxygens (including phenoxy) is 1. The summed E-state index contributed by atoms with van der Waals surface area (Å²) >= 11 is 0. The molecule has 0 saturated heterocycles. The first-order valence-corrected chi connectivity index (χ1v) is 5.02. The van der Waals surface area contributed by atoms with Gasteiger partial charge in [-0.25, -0.2) is 4.68 Å². The van der Waals surface area contributed by atoms with E-state index in [9.17, 15) is 9.59 Å². The largest absolute Gasteiger partial charge is 0.481 e. The second-order valence-corrected chi connectivity index (χ2v) is 3.45. The highest BCUT2D eigenvalue weighted by molar-refractivity contribution is 5.94. The molecular formula is C11H13N3O4. The summed E-state index contributed by atoms with van der Waals surface area (Å²) < 4.78 is 6.35. The lowest BCUT2D eigenvalue weighted by molar-refractivity contribution is -0.137. The van der Waals surface area contributed by atoms with Crippen molar-refractivity contribution in [3.8, 4) is 18.2 Å². The lowest BCUT2D eigenvalue weighted by Gasteiger charge is -2.15. The first-order chi connectivity index (χ1) is 8.49. The number of carboxylic acid groups (broad SMARTS) is 1. The standard InChI is InChI=1S/C11H13N3O4/c1-4-5-14(7-10(15)16)11(17)8-6-9(18-3)13(2)12-8/h1,6H,5,7H2,2-3H3,(H,15,16). The van der Waals surface area contributed by atoms with Crippen LogP contribution in [-0.2, 0) is 11.8 Å². The third kappa shape index (κ3) is 3.01. The molecule has 96 valence electrons. The number of methoxy groups -OCH3 is 1. The molecule has 1 amide bonds. The highest BCUT2D eigenvalue weighted by Gasteiger charge is 2.21. The summed E-state index contributed by atoms with van der Waals surface area (Å²) in [6.07, 6.45) is 5.10. The zero-order valence-corrected chi connectivity index (χ0v) is 10.1. The number of aromatic nitrogens is 2. The molecule has 0 radical (unpaired) electrons. The predicted molar refractivity (Wildman–Crippen MR) is 62.1 cm³/mol. The Balaban J connectivity index is 2.94.